The quantitative estimate of drug-likeness (QED) is 0.517. The number of Topliss-reactive ketones (excluding diaryl/α,β-unsaturated/α-hetero) is 2. The van der Waals surface area contributed by atoms with Gasteiger partial charge in [0.15, 0.2) is 0 Å². The molecule has 0 fully saturated rings. The van der Waals surface area contributed by atoms with Crippen LogP contribution in [0.15, 0.2) is 0 Å². The summed E-state index contributed by atoms with van der Waals surface area (Å²) in [6, 6.07) is 0. The van der Waals surface area contributed by atoms with E-state index in [1.54, 1.807) is 0 Å². The third-order valence-electron chi connectivity index (χ3n) is 1.38. The molecule has 0 spiro atoms. The molecule has 0 unspecified atom stereocenters. The lowest BCUT2D eigenvalue weighted by molar-refractivity contribution is -0.137. The summed E-state index contributed by atoms with van der Waals surface area (Å²) < 4.78 is 9.33. The zero-order chi connectivity index (χ0) is 9.40. The Morgan fingerprint density at radius 3 is 1.50 bits per heavy atom. The van der Waals surface area contributed by atoms with Crippen molar-refractivity contribution in [1.29, 1.82) is 0 Å². The Labute approximate surface area is 71.8 Å². The highest BCUT2D eigenvalue weighted by Crippen LogP contribution is 1.91. The van der Waals surface area contributed by atoms with Crippen molar-refractivity contribution >= 4 is 11.6 Å². The molecule has 0 atom stereocenters. The van der Waals surface area contributed by atoms with E-state index in [-0.39, 0.29) is 24.4 Å². The molecule has 12 heavy (non-hydrogen) atoms. The topological polar surface area (TPSA) is 52.6 Å². The lowest BCUT2D eigenvalue weighted by atomic mass is 10.1. The maximum absolute atomic E-state index is 10.9. The molecule has 0 heterocycles. The van der Waals surface area contributed by atoms with Crippen molar-refractivity contribution in [1.82, 2.24) is 0 Å². The van der Waals surface area contributed by atoms with Gasteiger partial charge in [0.1, 0.15) is 0 Å². The summed E-state index contributed by atoms with van der Waals surface area (Å²) in [6.07, 6.45) is 0.331. The highest BCUT2D eigenvalue weighted by atomic mass is 16.5. The van der Waals surface area contributed by atoms with Crippen LogP contribution >= 0.6 is 0 Å². The Hall–Kier alpha value is -0.740. The van der Waals surface area contributed by atoms with Gasteiger partial charge in [-0.2, -0.15) is 0 Å². The Balaban J connectivity index is 3.55. The molecule has 0 aromatic heterocycles. The van der Waals surface area contributed by atoms with E-state index in [1.165, 1.54) is 14.2 Å². The molecular formula is C8H14O4. The van der Waals surface area contributed by atoms with Gasteiger partial charge < -0.3 is 9.47 Å². The van der Waals surface area contributed by atoms with E-state index in [0.717, 1.165) is 0 Å². The number of ketones is 2. The molecule has 0 amide bonds. The van der Waals surface area contributed by atoms with Crippen LogP contribution in [-0.4, -0.2) is 39.0 Å². The summed E-state index contributed by atoms with van der Waals surface area (Å²) >= 11 is 0. The molecule has 70 valence electrons. The van der Waals surface area contributed by atoms with E-state index < -0.39 is 0 Å². The average Bonchev–Trinajstić information content (AvgIpc) is 2.10. The standard InChI is InChI=1S/C8H14O4/c1-11-5-3-7(9)8(10)4-6-12-2/h3-6H2,1-2H3. The molecule has 0 N–H and O–H groups in total. The average molecular weight is 174 g/mol. The Kier molecular flexibility index (Phi) is 6.51. The molecule has 0 saturated carbocycles. The normalized spacial score (nSPS) is 9.83. The monoisotopic (exact) mass is 174 g/mol. The smallest absolute Gasteiger partial charge is 0.200 e. The first-order chi connectivity index (χ1) is 5.72. The lowest BCUT2D eigenvalue weighted by Crippen LogP contribution is -2.17. The van der Waals surface area contributed by atoms with E-state index >= 15 is 0 Å². The van der Waals surface area contributed by atoms with Crippen LogP contribution in [0.5, 0.6) is 0 Å². The molecule has 0 bridgehead atoms. The fourth-order valence-electron chi connectivity index (χ4n) is 0.668. The van der Waals surface area contributed by atoms with Crippen molar-refractivity contribution in [2.45, 2.75) is 12.8 Å². The fourth-order valence-corrected chi connectivity index (χ4v) is 0.668. The molecule has 0 rings (SSSR count). The lowest BCUT2D eigenvalue weighted by Gasteiger charge is -1.98. The van der Waals surface area contributed by atoms with Crippen molar-refractivity contribution in [2.75, 3.05) is 27.4 Å². The zero-order valence-electron chi connectivity index (χ0n) is 7.46. The van der Waals surface area contributed by atoms with Crippen LogP contribution in [0.25, 0.3) is 0 Å². The maximum Gasteiger partial charge on any atom is 0.200 e. The van der Waals surface area contributed by atoms with Gasteiger partial charge in [-0.3, -0.25) is 9.59 Å². The minimum atomic E-state index is -0.381. The van der Waals surface area contributed by atoms with Crippen LogP contribution in [0, 0.1) is 0 Å². The van der Waals surface area contributed by atoms with Gasteiger partial charge >= 0.3 is 0 Å². The highest BCUT2D eigenvalue weighted by Gasteiger charge is 2.11. The second-order valence-corrected chi connectivity index (χ2v) is 2.33. The number of carbonyl (C=O) groups excluding carboxylic acids is 2. The summed E-state index contributed by atoms with van der Waals surface area (Å²) in [5.74, 6) is -0.761. The van der Waals surface area contributed by atoms with E-state index in [2.05, 4.69) is 9.47 Å². The first-order valence-corrected chi connectivity index (χ1v) is 3.76. The van der Waals surface area contributed by atoms with Crippen molar-refractivity contribution in [2.24, 2.45) is 0 Å². The van der Waals surface area contributed by atoms with Gasteiger partial charge in [-0.25, -0.2) is 0 Å². The van der Waals surface area contributed by atoms with Gasteiger partial charge in [-0.1, -0.05) is 0 Å². The summed E-state index contributed by atoms with van der Waals surface area (Å²) in [5, 5.41) is 0. The SMILES string of the molecule is COCCC(=O)C(=O)CCOC. The molecule has 0 saturated heterocycles. The second kappa shape index (κ2) is 6.94. The van der Waals surface area contributed by atoms with Crippen LogP contribution < -0.4 is 0 Å². The van der Waals surface area contributed by atoms with Crippen molar-refractivity contribution in [3.63, 3.8) is 0 Å². The number of carbonyl (C=O) groups is 2. The third kappa shape index (κ3) is 4.98. The van der Waals surface area contributed by atoms with Crippen LogP contribution in [0.4, 0.5) is 0 Å². The van der Waals surface area contributed by atoms with Crippen LogP contribution in [0.3, 0.4) is 0 Å². The molecule has 0 aliphatic carbocycles. The summed E-state index contributed by atoms with van der Waals surface area (Å²) in [6.45, 7) is 0.606. The number of methoxy groups -OCH3 is 2. The van der Waals surface area contributed by atoms with Gasteiger partial charge in [0.05, 0.1) is 13.2 Å². The van der Waals surface area contributed by atoms with Gasteiger partial charge in [0.25, 0.3) is 0 Å². The van der Waals surface area contributed by atoms with E-state index in [0.29, 0.717) is 13.2 Å². The number of ether oxygens (including phenoxy) is 2. The Morgan fingerprint density at radius 2 is 1.25 bits per heavy atom. The van der Waals surface area contributed by atoms with E-state index in [9.17, 15) is 9.59 Å². The van der Waals surface area contributed by atoms with Gasteiger partial charge in [-0.05, 0) is 0 Å². The summed E-state index contributed by atoms with van der Waals surface area (Å²) in [4.78, 5) is 21.8. The van der Waals surface area contributed by atoms with E-state index in [1.807, 2.05) is 0 Å². The predicted octanol–water partition coefficient (Wildman–Crippen LogP) is 0.198. The minimum absolute atomic E-state index is 0.166. The highest BCUT2D eigenvalue weighted by molar-refractivity contribution is 6.37. The zero-order valence-corrected chi connectivity index (χ0v) is 7.46. The molecule has 0 radical (unpaired) electrons. The molecule has 0 aliphatic rings. The molecule has 0 aliphatic heterocycles. The summed E-state index contributed by atoms with van der Waals surface area (Å²) in [5.41, 5.74) is 0. The maximum atomic E-state index is 10.9. The first-order valence-electron chi connectivity index (χ1n) is 3.76. The molecule has 0 aromatic rings. The second-order valence-electron chi connectivity index (χ2n) is 2.33. The Morgan fingerprint density at radius 1 is 0.917 bits per heavy atom. The van der Waals surface area contributed by atoms with Crippen LogP contribution in [0.2, 0.25) is 0 Å². The van der Waals surface area contributed by atoms with Crippen molar-refractivity contribution in [3.05, 3.63) is 0 Å². The largest absolute Gasteiger partial charge is 0.384 e. The number of rotatable bonds is 7. The molecular weight excluding hydrogens is 160 g/mol. The molecule has 4 heteroatoms. The van der Waals surface area contributed by atoms with Gasteiger partial charge in [0, 0.05) is 27.1 Å². The molecule has 0 aromatic carbocycles. The van der Waals surface area contributed by atoms with Crippen molar-refractivity contribution in [3.8, 4) is 0 Å². The summed E-state index contributed by atoms with van der Waals surface area (Å²) in [7, 11) is 2.99. The van der Waals surface area contributed by atoms with Gasteiger partial charge in [-0.15, -0.1) is 0 Å². The van der Waals surface area contributed by atoms with Crippen molar-refractivity contribution < 1.29 is 19.1 Å². The predicted molar refractivity (Wildman–Crippen MR) is 43.0 cm³/mol. The Bertz CT molecular complexity index is 135. The first kappa shape index (κ1) is 11.3. The molecule has 4 nitrogen and oxygen atoms in total. The van der Waals surface area contributed by atoms with Crippen LogP contribution in [0.1, 0.15) is 12.8 Å². The minimum Gasteiger partial charge on any atom is -0.384 e. The number of hydrogen-bond donors (Lipinski definition) is 0. The fraction of sp³-hybridized carbons (Fsp3) is 0.750. The van der Waals surface area contributed by atoms with Crippen LogP contribution in [-0.2, 0) is 19.1 Å². The third-order valence-corrected chi connectivity index (χ3v) is 1.38. The number of hydrogen-bond acceptors (Lipinski definition) is 4. The van der Waals surface area contributed by atoms with E-state index in [4.69, 9.17) is 0 Å². The van der Waals surface area contributed by atoms with Gasteiger partial charge in [0.2, 0.25) is 11.6 Å².